The first-order chi connectivity index (χ1) is 9.15. The Bertz CT molecular complexity index is 551. The number of hydrogen-bond acceptors (Lipinski definition) is 1. The predicted molar refractivity (Wildman–Crippen MR) is 82.9 cm³/mol. The molecule has 0 radical (unpaired) electrons. The molecule has 19 heavy (non-hydrogen) atoms. The smallest absolute Gasteiger partial charge is 0.123 e. The van der Waals surface area contributed by atoms with Gasteiger partial charge in [0.05, 0.1) is 0 Å². The van der Waals surface area contributed by atoms with Gasteiger partial charge in [-0.3, -0.25) is 0 Å². The van der Waals surface area contributed by atoms with Gasteiger partial charge in [0.2, 0.25) is 0 Å². The first kappa shape index (κ1) is 14.1. The van der Waals surface area contributed by atoms with Crippen LogP contribution < -0.4 is 4.90 Å². The van der Waals surface area contributed by atoms with E-state index in [1.807, 2.05) is 12.1 Å². The maximum atomic E-state index is 13.0. The van der Waals surface area contributed by atoms with Crippen LogP contribution in [0.4, 0.5) is 15.8 Å². The highest BCUT2D eigenvalue weighted by molar-refractivity contribution is 9.08. The fourth-order valence-electron chi connectivity index (χ4n) is 2.22. The minimum atomic E-state index is -0.203. The Kier molecular flexibility index (Phi) is 4.59. The Balaban J connectivity index is 2.39. The second-order valence-corrected chi connectivity index (χ2v) is 5.04. The van der Waals surface area contributed by atoms with Crippen LogP contribution in [0, 0.1) is 12.7 Å². The molecule has 0 aliphatic heterocycles. The molecule has 2 rings (SSSR count). The maximum absolute atomic E-state index is 13.0. The molecule has 0 bridgehead atoms. The molecule has 100 valence electrons. The van der Waals surface area contributed by atoms with Gasteiger partial charge in [-0.25, -0.2) is 4.39 Å². The molecule has 0 atom stereocenters. The van der Waals surface area contributed by atoms with Crippen LogP contribution in [0.15, 0.2) is 42.5 Å². The standard InChI is InChI=1S/C16H17BrFN/c1-3-19(15-7-5-14(18)6-8-15)16-9-4-13(11-17)10-12(16)2/h4-10H,3,11H2,1-2H3. The van der Waals surface area contributed by atoms with Gasteiger partial charge < -0.3 is 4.90 Å². The van der Waals surface area contributed by atoms with Crippen molar-refractivity contribution in [2.24, 2.45) is 0 Å². The Morgan fingerprint density at radius 2 is 1.79 bits per heavy atom. The monoisotopic (exact) mass is 321 g/mol. The minimum Gasteiger partial charge on any atom is -0.342 e. The first-order valence-electron chi connectivity index (χ1n) is 6.34. The zero-order valence-corrected chi connectivity index (χ0v) is 12.7. The fourth-order valence-corrected chi connectivity index (χ4v) is 2.57. The summed E-state index contributed by atoms with van der Waals surface area (Å²) in [7, 11) is 0. The molecule has 0 aliphatic carbocycles. The third-order valence-electron chi connectivity index (χ3n) is 3.16. The molecule has 0 fully saturated rings. The number of benzene rings is 2. The molecule has 0 aliphatic rings. The van der Waals surface area contributed by atoms with Gasteiger partial charge in [0.25, 0.3) is 0 Å². The minimum absolute atomic E-state index is 0.203. The SMILES string of the molecule is CCN(c1ccc(F)cc1)c1ccc(CBr)cc1C. The van der Waals surface area contributed by atoms with Gasteiger partial charge in [-0.15, -0.1) is 0 Å². The second kappa shape index (κ2) is 6.20. The molecule has 0 saturated carbocycles. The van der Waals surface area contributed by atoms with Gasteiger partial charge in [0.15, 0.2) is 0 Å². The number of anilines is 2. The van der Waals surface area contributed by atoms with Crippen molar-refractivity contribution in [2.75, 3.05) is 11.4 Å². The number of alkyl halides is 1. The van der Waals surface area contributed by atoms with Gasteiger partial charge in [-0.05, 0) is 55.3 Å². The first-order valence-corrected chi connectivity index (χ1v) is 7.46. The van der Waals surface area contributed by atoms with Crippen molar-refractivity contribution >= 4 is 27.3 Å². The van der Waals surface area contributed by atoms with E-state index in [1.54, 1.807) is 0 Å². The highest BCUT2D eigenvalue weighted by Gasteiger charge is 2.10. The normalized spacial score (nSPS) is 10.5. The quantitative estimate of drug-likeness (QED) is 0.701. The molecular formula is C16H17BrFN. The van der Waals surface area contributed by atoms with E-state index in [2.05, 4.69) is 52.9 Å². The molecular weight excluding hydrogens is 305 g/mol. The summed E-state index contributed by atoms with van der Waals surface area (Å²) in [5, 5.41) is 0.858. The van der Waals surface area contributed by atoms with Crippen LogP contribution >= 0.6 is 15.9 Å². The van der Waals surface area contributed by atoms with Crippen LogP contribution in [-0.2, 0) is 5.33 Å². The van der Waals surface area contributed by atoms with E-state index in [0.717, 1.165) is 17.6 Å². The zero-order chi connectivity index (χ0) is 13.8. The molecule has 2 aromatic carbocycles. The van der Waals surface area contributed by atoms with Crippen molar-refractivity contribution < 1.29 is 4.39 Å². The van der Waals surface area contributed by atoms with Gasteiger partial charge in [-0.2, -0.15) is 0 Å². The fraction of sp³-hybridized carbons (Fsp3) is 0.250. The average Bonchev–Trinajstić information content (AvgIpc) is 2.43. The molecule has 0 unspecified atom stereocenters. The third-order valence-corrected chi connectivity index (χ3v) is 3.81. The second-order valence-electron chi connectivity index (χ2n) is 4.48. The van der Waals surface area contributed by atoms with E-state index in [-0.39, 0.29) is 5.82 Å². The topological polar surface area (TPSA) is 3.24 Å². The van der Waals surface area contributed by atoms with E-state index < -0.39 is 0 Å². The lowest BCUT2D eigenvalue weighted by atomic mass is 10.1. The van der Waals surface area contributed by atoms with Crippen molar-refractivity contribution in [2.45, 2.75) is 19.2 Å². The summed E-state index contributed by atoms with van der Waals surface area (Å²) >= 11 is 3.47. The Morgan fingerprint density at radius 3 is 2.32 bits per heavy atom. The van der Waals surface area contributed by atoms with E-state index in [0.29, 0.717) is 0 Å². The predicted octanol–water partition coefficient (Wildman–Crippen LogP) is 5.19. The number of rotatable bonds is 4. The third kappa shape index (κ3) is 3.16. The van der Waals surface area contributed by atoms with Gasteiger partial charge in [-0.1, -0.05) is 28.1 Å². The summed E-state index contributed by atoms with van der Waals surface area (Å²) in [4.78, 5) is 2.19. The largest absolute Gasteiger partial charge is 0.342 e. The van der Waals surface area contributed by atoms with E-state index >= 15 is 0 Å². The van der Waals surface area contributed by atoms with Gasteiger partial charge >= 0.3 is 0 Å². The summed E-state index contributed by atoms with van der Waals surface area (Å²) in [5.41, 5.74) is 4.66. The summed E-state index contributed by atoms with van der Waals surface area (Å²) in [6, 6.07) is 13.0. The van der Waals surface area contributed by atoms with E-state index in [9.17, 15) is 4.39 Å². The molecule has 3 heteroatoms. The highest BCUT2D eigenvalue weighted by Crippen LogP contribution is 2.29. The van der Waals surface area contributed by atoms with Crippen LogP contribution in [0.3, 0.4) is 0 Å². The summed E-state index contributed by atoms with van der Waals surface area (Å²) < 4.78 is 13.0. The zero-order valence-electron chi connectivity index (χ0n) is 11.2. The van der Waals surface area contributed by atoms with Crippen LogP contribution in [0.2, 0.25) is 0 Å². The van der Waals surface area contributed by atoms with Crippen LogP contribution in [-0.4, -0.2) is 6.54 Å². The molecule has 0 aromatic heterocycles. The lowest BCUT2D eigenvalue weighted by molar-refractivity contribution is 0.628. The number of nitrogens with zero attached hydrogens (tertiary/aromatic N) is 1. The number of aryl methyl sites for hydroxylation is 1. The molecule has 0 N–H and O–H groups in total. The van der Waals surface area contributed by atoms with Crippen LogP contribution in [0.25, 0.3) is 0 Å². The molecule has 0 heterocycles. The molecule has 0 saturated heterocycles. The lowest BCUT2D eigenvalue weighted by Crippen LogP contribution is -2.17. The van der Waals surface area contributed by atoms with Crippen molar-refractivity contribution in [1.29, 1.82) is 0 Å². The molecule has 0 spiro atoms. The Labute approximate surface area is 122 Å². The summed E-state index contributed by atoms with van der Waals surface area (Å²) in [6.07, 6.45) is 0. The van der Waals surface area contributed by atoms with Crippen molar-refractivity contribution in [3.05, 3.63) is 59.4 Å². The molecule has 1 nitrogen and oxygen atoms in total. The van der Waals surface area contributed by atoms with Crippen molar-refractivity contribution in [3.8, 4) is 0 Å². The molecule has 2 aromatic rings. The summed E-state index contributed by atoms with van der Waals surface area (Å²) in [6.45, 7) is 5.05. The lowest BCUT2D eigenvalue weighted by Gasteiger charge is -2.25. The Morgan fingerprint density at radius 1 is 1.11 bits per heavy atom. The van der Waals surface area contributed by atoms with E-state index in [4.69, 9.17) is 0 Å². The number of halogens is 2. The van der Waals surface area contributed by atoms with Gasteiger partial charge in [0, 0.05) is 23.2 Å². The van der Waals surface area contributed by atoms with Gasteiger partial charge in [0.1, 0.15) is 5.82 Å². The van der Waals surface area contributed by atoms with Crippen LogP contribution in [0.5, 0.6) is 0 Å². The summed E-state index contributed by atoms with van der Waals surface area (Å²) in [5.74, 6) is -0.203. The van der Waals surface area contributed by atoms with Crippen LogP contribution in [0.1, 0.15) is 18.1 Å². The highest BCUT2D eigenvalue weighted by atomic mass is 79.9. The van der Waals surface area contributed by atoms with Crippen molar-refractivity contribution in [1.82, 2.24) is 0 Å². The number of hydrogen-bond donors (Lipinski definition) is 0. The van der Waals surface area contributed by atoms with E-state index in [1.165, 1.54) is 28.9 Å². The molecule has 0 amide bonds. The van der Waals surface area contributed by atoms with Crippen molar-refractivity contribution in [3.63, 3.8) is 0 Å². The Hall–Kier alpha value is -1.35. The maximum Gasteiger partial charge on any atom is 0.123 e. The average molecular weight is 322 g/mol.